The highest BCUT2D eigenvalue weighted by Gasteiger charge is 2.07. The lowest BCUT2D eigenvalue weighted by molar-refractivity contribution is 0.145. The zero-order valence-corrected chi connectivity index (χ0v) is 12.4. The van der Waals surface area contributed by atoms with Crippen molar-refractivity contribution in [1.29, 1.82) is 0 Å². The highest BCUT2D eigenvalue weighted by molar-refractivity contribution is 5.71. The number of carbonyl (C=O) groups excluding carboxylic acids is 2. The zero-order valence-electron chi connectivity index (χ0n) is 12.4. The molecule has 0 spiro atoms. The van der Waals surface area contributed by atoms with Gasteiger partial charge >= 0.3 is 12.1 Å². The van der Waals surface area contributed by atoms with Gasteiger partial charge in [0.25, 0.3) is 0 Å². The van der Waals surface area contributed by atoms with E-state index in [0.717, 1.165) is 35.7 Å². The fourth-order valence-electron chi connectivity index (χ4n) is 1.87. The summed E-state index contributed by atoms with van der Waals surface area (Å²) in [5.41, 5.74) is 9.97. The van der Waals surface area contributed by atoms with Crippen molar-refractivity contribution >= 4 is 12.1 Å². The average molecular weight is 304 g/mol. The molecule has 0 radical (unpaired) electrons. The Morgan fingerprint density at radius 3 is 1.62 bits per heavy atom. The monoisotopic (exact) mass is 304 g/mol. The molecule has 0 aromatic carbocycles. The van der Waals surface area contributed by atoms with Crippen molar-refractivity contribution in [2.75, 3.05) is 13.1 Å². The molecule has 1 unspecified atom stereocenters. The number of urea groups is 2. The second kappa shape index (κ2) is 11.1. The Morgan fingerprint density at radius 2 is 1.19 bits per heavy atom. The van der Waals surface area contributed by atoms with Crippen LogP contribution in [0.5, 0.6) is 0 Å². The van der Waals surface area contributed by atoms with Gasteiger partial charge in [-0.25, -0.2) is 21.3 Å². The third kappa shape index (κ3) is 10.8. The number of unbranched alkanes of at least 4 members (excludes halogenated alkanes) is 3. The maximum Gasteiger partial charge on any atom is 0.328 e. The van der Waals surface area contributed by atoms with Crippen LogP contribution in [-0.2, 0) is 0 Å². The third-order valence-electron chi connectivity index (χ3n) is 3.19. The number of nitrogens with two attached hydrogens (primary N) is 4. The van der Waals surface area contributed by atoms with Gasteiger partial charge in [0.05, 0.1) is 6.10 Å². The standard InChI is InChI=1S/C12H28N6O3/c13-11(20)17(15)8-4-1-2-6-10(19)7-3-5-9-18(16)12(14)21/h10,19H,1-9,15-16H2,(H2,13,20)(H2,14,21). The molecular weight excluding hydrogens is 276 g/mol. The quantitative estimate of drug-likeness (QED) is 0.151. The van der Waals surface area contributed by atoms with Crippen LogP contribution in [0.25, 0.3) is 0 Å². The molecule has 0 aromatic rings. The molecule has 0 bridgehead atoms. The van der Waals surface area contributed by atoms with Gasteiger partial charge in [0, 0.05) is 13.1 Å². The number of hydrogen-bond acceptors (Lipinski definition) is 5. The van der Waals surface area contributed by atoms with Gasteiger partial charge in [0.2, 0.25) is 0 Å². The number of rotatable bonds is 11. The minimum absolute atomic E-state index is 0.366. The largest absolute Gasteiger partial charge is 0.393 e. The van der Waals surface area contributed by atoms with Crippen LogP contribution in [0.2, 0.25) is 0 Å². The lowest BCUT2D eigenvalue weighted by Gasteiger charge is -2.15. The molecule has 0 fully saturated rings. The van der Waals surface area contributed by atoms with E-state index in [2.05, 4.69) is 0 Å². The van der Waals surface area contributed by atoms with Crippen LogP contribution in [0.3, 0.4) is 0 Å². The molecule has 0 aliphatic rings. The molecule has 0 rings (SSSR count). The van der Waals surface area contributed by atoms with E-state index in [0.29, 0.717) is 32.4 Å². The molecule has 124 valence electrons. The first-order valence-corrected chi connectivity index (χ1v) is 7.16. The first-order valence-electron chi connectivity index (χ1n) is 7.16. The van der Waals surface area contributed by atoms with Gasteiger partial charge in [-0.15, -0.1) is 0 Å². The Bertz CT molecular complexity index is 315. The van der Waals surface area contributed by atoms with Crippen LogP contribution in [0.4, 0.5) is 9.59 Å². The van der Waals surface area contributed by atoms with Crippen molar-refractivity contribution in [2.45, 2.75) is 51.0 Å². The van der Waals surface area contributed by atoms with Crippen molar-refractivity contribution in [3.05, 3.63) is 0 Å². The Morgan fingerprint density at radius 1 is 0.810 bits per heavy atom. The van der Waals surface area contributed by atoms with E-state index in [1.165, 1.54) is 0 Å². The summed E-state index contributed by atoms with van der Waals surface area (Å²) < 4.78 is 0. The molecule has 9 nitrogen and oxygen atoms in total. The van der Waals surface area contributed by atoms with Gasteiger partial charge in [-0.3, -0.25) is 10.0 Å². The number of nitrogens with zero attached hydrogens (tertiary/aromatic N) is 2. The molecule has 21 heavy (non-hydrogen) atoms. The smallest absolute Gasteiger partial charge is 0.328 e. The molecule has 0 aliphatic heterocycles. The predicted octanol–water partition coefficient (Wildman–Crippen LogP) is -0.413. The van der Waals surface area contributed by atoms with Crippen LogP contribution in [-0.4, -0.2) is 46.4 Å². The Labute approximate surface area is 125 Å². The predicted molar refractivity (Wildman–Crippen MR) is 79.3 cm³/mol. The van der Waals surface area contributed by atoms with E-state index in [1.807, 2.05) is 0 Å². The Kier molecular flexibility index (Phi) is 10.3. The maximum atomic E-state index is 10.7. The number of carbonyl (C=O) groups is 2. The molecule has 0 saturated carbocycles. The molecule has 0 aliphatic carbocycles. The fourth-order valence-corrected chi connectivity index (χ4v) is 1.87. The average Bonchev–Trinajstić information content (AvgIpc) is 2.42. The number of hydrogen-bond donors (Lipinski definition) is 5. The molecule has 0 heterocycles. The van der Waals surface area contributed by atoms with E-state index < -0.39 is 12.1 Å². The fraction of sp³-hybridized carbons (Fsp3) is 0.833. The topological polar surface area (TPSA) is 165 Å². The number of amides is 4. The van der Waals surface area contributed by atoms with Gasteiger partial charge in [0.1, 0.15) is 0 Å². The maximum absolute atomic E-state index is 10.7. The summed E-state index contributed by atoms with van der Waals surface area (Å²) in [4.78, 5) is 21.3. The summed E-state index contributed by atoms with van der Waals surface area (Å²) in [7, 11) is 0. The van der Waals surface area contributed by atoms with Gasteiger partial charge in [-0.1, -0.05) is 12.8 Å². The van der Waals surface area contributed by atoms with Crippen LogP contribution < -0.4 is 23.2 Å². The van der Waals surface area contributed by atoms with Crippen molar-refractivity contribution < 1.29 is 14.7 Å². The number of hydrazine groups is 2. The highest BCUT2D eigenvalue weighted by Crippen LogP contribution is 2.10. The van der Waals surface area contributed by atoms with E-state index in [9.17, 15) is 14.7 Å². The molecular formula is C12H28N6O3. The van der Waals surface area contributed by atoms with Gasteiger partial charge in [0.15, 0.2) is 0 Å². The van der Waals surface area contributed by atoms with Gasteiger partial charge < -0.3 is 16.6 Å². The summed E-state index contributed by atoms with van der Waals surface area (Å²) in [5.74, 6) is 10.7. The van der Waals surface area contributed by atoms with Crippen molar-refractivity contribution in [3.63, 3.8) is 0 Å². The Balaban J connectivity index is 3.44. The molecule has 9 N–H and O–H groups in total. The summed E-state index contributed by atoms with van der Waals surface area (Å²) in [6.45, 7) is 0.812. The van der Waals surface area contributed by atoms with Crippen LogP contribution in [0.1, 0.15) is 44.9 Å². The summed E-state index contributed by atoms with van der Waals surface area (Å²) >= 11 is 0. The number of aliphatic hydroxyl groups excluding tert-OH is 1. The van der Waals surface area contributed by atoms with E-state index in [4.69, 9.17) is 23.2 Å². The number of aliphatic hydroxyl groups is 1. The molecule has 0 aromatic heterocycles. The van der Waals surface area contributed by atoms with Gasteiger partial charge in [-0.2, -0.15) is 0 Å². The zero-order chi connectivity index (χ0) is 16.3. The second-order valence-corrected chi connectivity index (χ2v) is 5.06. The van der Waals surface area contributed by atoms with Crippen molar-refractivity contribution in [2.24, 2.45) is 23.2 Å². The minimum Gasteiger partial charge on any atom is -0.393 e. The van der Waals surface area contributed by atoms with Crippen LogP contribution in [0, 0.1) is 0 Å². The molecule has 1 atom stereocenters. The summed E-state index contributed by atoms with van der Waals surface area (Å²) in [6.07, 6.45) is 4.97. The molecule has 9 heteroatoms. The van der Waals surface area contributed by atoms with Crippen LogP contribution in [0.15, 0.2) is 0 Å². The summed E-state index contributed by atoms with van der Waals surface area (Å²) in [5, 5.41) is 11.7. The van der Waals surface area contributed by atoms with E-state index >= 15 is 0 Å². The van der Waals surface area contributed by atoms with Crippen molar-refractivity contribution in [1.82, 2.24) is 10.0 Å². The minimum atomic E-state index is -0.652. The van der Waals surface area contributed by atoms with Crippen molar-refractivity contribution in [3.8, 4) is 0 Å². The first kappa shape index (κ1) is 19.4. The lowest BCUT2D eigenvalue weighted by Crippen LogP contribution is -2.41. The molecule has 4 amide bonds. The van der Waals surface area contributed by atoms with Gasteiger partial charge in [-0.05, 0) is 32.1 Å². The lowest BCUT2D eigenvalue weighted by atomic mass is 10.1. The SMILES string of the molecule is NC(=O)N(N)CCCCCC(O)CCCCN(N)C(N)=O. The highest BCUT2D eigenvalue weighted by atomic mass is 16.3. The second-order valence-electron chi connectivity index (χ2n) is 5.06. The Hall–Kier alpha value is -1.58. The van der Waals surface area contributed by atoms with Crippen LogP contribution >= 0.6 is 0 Å². The van der Waals surface area contributed by atoms with E-state index in [-0.39, 0.29) is 6.10 Å². The third-order valence-corrected chi connectivity index (χ3v) is 3.19. The number of primary amides is 2. The first-order chi connectivity index (χ1) is 9.84. The normalized spacial score (nSPS) is 12.0. The van der Waals surface area contributed by atoms with E-state index in [1.54, 1.807) is 0 Å². The summed E-state index contributed by atoms with van der Waals surface area (Å²) in [6, 6.07) is -1.29. The molecule has 0 saturated heterocycles.